The molecule has 0 N–H and O–H groups in total. The molecule has 0 saturated heterocycles. The zero-order chi connectivity index (χ0) is 10.7. The Kier molecular flexibility index (Phi) is 3.89. The highest BCUT2D eigenvalue weighted by Crippen LogP contribution is 2.27. The lowest BCUT2D eigenvalue weighted by molar-refractivity contribution is -0.135. The van der Waals surface area contributed by atoms with Crippen LogP contribution in [0.5, 0.6) is 0 Å². The molecule has 0 bridgehead atoms. The number of carbonyl (C=O) groups excluding carboxylic acids is 1. The fourth-order valence-electron chi connectivity index (χ4n) is 0.986. The Hall–Kier alpha value is -0.610. The first kappa shape index (κ1) is 11.5. The molecular weight excluding hydrogens is 264 g/mol. The smallest absolute Gasteiger partial charge is 0.333 e. The second kappa shape index (κ2) is 4.75. The largest absolute Gasteiger partial charge is 0.466 e. The molecule has 0 saturated carbocycles. The van der Waals surface area contributed by atoms with E-state index in [-0.39, 0.29) is 5.97 Å². The third-order valence-electron chi connectivity index (χ3n) is 1.74. The van der Waals surface area contributed by atoms with Crippen LogP contribution in [-0.4, -0.2) is 13.1 Å². The number of aryl methyl sites for hydroxylation is 1. The third-order valence-corrected chi connectivity index (χ3v) is 3.83. The van der Waals surface area contributed by atoms with Gasteiger partial charge in [-0.05, 0) is 41.9 Å². The minimum Gasteiger partial charge on any atom is -0.466 e. The van der Waals surface area contributed by atoms with E-state index in [1.54, 1.807) is 18.3 Å². The molecule has 1 aromatic heterocycles. The number of carbonyl (C=O) groups is 1. The summed E-state index contributed by atoms with van der Waals surface area (Å²) in [4.78, 5) is 13.4. The Morgan fingerprint density at radius 2 is 2.29 bits per heavy atom. The molecule has 1 rings (SSSR count). The lowest BCUT2D eigenvalue weighted by Gasteiger charge is -1.96. The van der Waals surface area contributed by atoms with Crippen LogP contribution in [0.15, 0.2) is 16.1 Å². The van der Waals surface area contributed by atoms with Crippen LogP contribution in [0.1, 0.15) is 16.7 Å². The second-order valence-electron chi connectivity index (χ2n) is 2.87. The molecule has 14 heavy (non-hydrogen) atoms. The Bertz CT molecular complexity index is 360. The van der Waals surface area contributed by atoms with Crippen LogP contribution in [0.3, 0.4) is 0 Å². The average Bonchev–Trinajstić information content (AvgIpc) is 2.44. The molecule has 2 nitrogen and oxygen atoms in total. The first-order valence-corrected chi connectivity index (χ1v) is 5.68. The number of hydrogen-bond acceptors (Lipinski definition) is 3. The van der Waals surface area contributed by atoms with Crippen molar-refractivity contribution in [3.63, 3.8) is 0 Å². The van der Waals surface area contributed by atoms with Crippen molar-refractivity contribution in [3.8, 4) is 0 Å². The van der Waals surface area contributed by atoms with Gasteiger partial charge in [0.15, 0.2) is 0 Å². The Labute approximate surface area is 95.7 Å². The monoisotopic (exact) mass is 274 g/mol. The van der Waals surface area contributed by atoms with Gasteiger partial charge in [-0.25, -0.2) is 4.79 Å². The zero-order valence-corrected chi connectivity index (χ0v) is 10.7. The third kappa shape index (κ3) is 2.69. The number of rotatable bonds is 2. The van der Waals surface area contributed by atoms with Gasteiger partial charge in [-0.3, -0.25) is 0 Å². The van der Waals surface area contributed by atoms with Crippen LogP contribution in [-0.2, 0) is 9.53 Å². The number of methoxy groups -OCH3 is 1. The van der Waals surface area contributed by atoms with Gasteiger partial charge in [0.05, 0.1) is 7.11 Å². The summed E-state index contributed by atoms with van der Waals surface area (Å²) in [6, 6.07) is 1.99. The lowest BCUT2D eigenvalue weighted by atomic mass is 10.2. The van der Waals surface area contributed by atoms with Gasteiger partial charge in [-0.15, -0.1) is 11.3 Å². The van der Waals surface area contributed by atoms with Crippen LogP contribution in [0.4, 0.5) is 0 Å². The molecule has 0 aliphatic heterocycles. The topological polar surface area (TPSA) is 26.3 Å². The highest BCUT2D eigenvalue weighted by Gasteiger charge is 2.05. The van der Waals surface area contributed by atoms with Crippen LogP contribution in [0, 0.1) is 6.92 Å². The molecule has 0 aliphatic carbocycles. The summed E-state index contributed by atoms with van der Waals surface area (Å²) in [6.07, 6.45) is 1.83. The Morgan fingerprint density at radius 1 is 1.64 bits per heavy atom. The van der Waals surface area contributed by atoms with E-state index < -0.39 is 0 Å². The van der Waals surface area contributed by atoms with Crippen molar-refractivity contribution < 1.29 is 9.53 Å². The Morgan fingerprint density at radius 3 is 2.71 bits per heavy atom. The quantitative estimate of drug-likeness (QED) is 0.611. The number of halogens is 1. The van der Waals surface area contributed by atoms with Crippen LogP contribution >= 0.6 is 27.3 Å². The van der Waals surface area contributed by atoms with E-state index in [0.29, 0.717) is 5.57 Å². The van der Waals surface area contributed by atoms with E-state index in [1.165, 1.54) is 12.0 Å². The summed E-state index contributed by atoms with van der Waals surface area (Å²) in [5, 5.41) is 0. The van der Waals surface area contributed by atoms with Gasteiger partial charge in [0.1, 0.15) is 0 Å². The number of esters is 1. The van der Waals surface area contributed by atoms with E-state index in [0.717, 1.165) is 9.35 Å². The first-order valence-electron chi connectivity index (χ1n) is 4.07. The molecule has 0 unspecified atom stereocenters. The fourth-order valence-corrected chi connectivity index (χ4v) is 2.55. The molecule has 1 heterocycles. The molecule has 0 radical (unpaired) electrons. The number of thiophene rings is 1. The normalized spacial score (nSPS) is 11.6. The Balaban J connectivity index is 2.91. The zero-order valence-electron chi connectivity index (χ0n) is 8.26. The summed E-state index contributed by atoms with van der Waals surface area (Å²) in [5.41, 5.74) is 0.612. The van der Waals surface area contributed by atoms with Gasteiger partial charge in [-0.2, -0.15) is 0 Å². The molecule has 0 atom stereocenters. The molecule has 0 spiro atoms. The highest BCUT2D eigenvalue weighted by atomic mass is 79.9. The van der Waals surface area contributed by atoms with Crippen molar-refractivity contribution >= 4 is 39.3 Å². The van der Waals surface area contributed by atoms with E-state index in [4.69, 9.17) is 0 Å². The maximum Gasteiger partial charge on any atom is 0.333 e. The standard InChI is InChI=1S/C10H11BrO2S/c1-6(10(12)13-3)4-8-5-9(11)7(2)14-8/h4-5H,1-3H3. The fraction of sp³-hybridized carbons (Fsp3) is 0.300. The van der Waals surface area contributed by atoms with Gasteiger partial charge in [0, 0.05) is 19.8 Å². The van der Waals surface area contributed by atoms with Crippen molar-refractivity contribution in [1.29, 1.82) is 0 Å². The molecule has 76 valence electrons. The van der Waals surface area contributed by atoms with Crippen molar-refractivity contribution in [1.82, 2.24) is 0 Å². The van der Waals surface area contributed by atoms with E-state index >= 15 is 0 Å². The van der Waals surface area contributed by atoms with E-state index in [1.807, 2.05) is 19.1 Å². The molecule has 0 fully saturated rings. The molecule has 0 aromatic carbocycles. The van der Waals surface area contributed by atoms with E-state index in [2.05, 4.69) is 20.7 Å². The minimum absolute atomic E-state index is 0.285. The molecule has 0 aliphatic rings. The van der Waals surface area contributed by atoms with Crippen LogP contribution in [0.2, 0.25) is 0 Å². The maximum atomic E-state index is 11.1. The second-order valence-corrected chi connectivity index (χ2v) is 5.01. The summed E-state index contributed by atoms with van der Waals surface area (Å²) < 4.78 is 5.68. The molecular formula is C10H11BrO2S. The summed E-state index contributed by atoms with van der Waals surface area (Å²) in [5.74, 6) is -0.285. The van der Waals surface area contributed by atoms with Gasteiger partial charge >= 0.3 is 5.97 Å². The summed E-state index contributed by atoms with van der Waals surface area (Å²) in [6.45, 7) is 3.77. The molecule has 4 heteroatoms. The molecule has 1 aromatic rings. The first-order chi connectivity index (χ1) is 6.54. The maximum absolute atomic E-state index is 11.1. The van der Waals surface area contributed by atoms with Crippen molar-refractivity contribution in [2.45, 2.75) is 13.8 Å². The molecule has 0 amide bonds. The average molecular weight is 275 g/mol. The number of hydrogen-bond donors (Lipinski definition) is 0. The van der Waals surface area contributed by atoms with Gasteiger partial charge in [0.2, 0.25) is 0 Å². The highest BCUT2D eigenvalue weighted by molar-refractivity contribution is 9.10. The van der Waals surface area contributed by atoms with Crippen LogP contribution in [0.25, 0.3) is 6.08 Å². The number of ether oxygens (including phenoxy) is 1. The van der Waals surface area contributed by atoms with Crippen molar-refractivity contribution in [3.05, 3.63) is 25.9 Å². The minimum atomic E-state index is -0.285. The lowest BCUT2D eigenvalue weighted by Crippen LogP contribution is -2.00. The van der Waals surface area contributed by atoms with E-state index in [9.17, 15) is 4.79 Å². The van der Waals surface area contributed by atoms with Crippen LogP contribution < -0.4 is 0 Å². The van der Waals surface area contributed by atoms with Crippen molar-refractivity contribution in [2.24, 2.45) is 0 Å². The summed E-state index contributed by atoms with van der Waals surface area (Å²) in [7, 11) is 1.38. The SMILES string of the molecule is COC(=O)C(C)=Cc1cc(Br)c(C)s1. The van der Waals surface area contributed by atoms with Gasteiger partial charge in [-0.1, -0.05) is 0 Å². The summed E-state index contributed by atoms with van der Waals surface area (Å²) >= 11 is 5.06. The predicted octanol–water partition coefficient (Wildman–Crippen LogP) is 3.40. The van der Waals surface area contributed by atoms with Gasteiger partial charge < -0.3 is 4.74 Å². The van der Waals surface area contributed by atoms with Crippen molar-refractivity contribution in [2.75, 3.05) is 7.11 Å². The predicted molar refractivity (Wildman–Crippen MR) is 62.4 cm³/mol. The van der Waals surface area contributed by atoms with Gasteiger partial charge in [0.25, 0.3) is 0 Å².